The van der Waals surface area contributed by atoms with Crippen molar-refractivity contribution in [3.05, 3.63) is 40.1 Å². The zero-order valence-electron chi connectivity index (χ0n) is 8.48. The van der Waals surface area contributed by atoms with E-state index in [4.69, 9.17) is 34.2 Å². The molecule has 0 saturated heterocycles. The summed E-state index contributed by atoms with van der Waals surface area (Å²) in [6, 6.07) is 6.93. The number of hydrogen-bond donors (Lipinski definition) is 1. The molecule has 17 heavy (non-hydrogen) atoms. The van der Waals surface area contributed by atoms with Crippen molar-refractivity contribution in [3.8, 4) is 17.3 Å². The molecule has 0 saturated carbocycles. The van der Waals surface area contributed by atoms with Gasteiger partial charge in [0.2, 0.25) is 0 Å². The van der Waals surface area contributed by atoms with Crippen molar-refractivity contribution in [2.75, 3.05) is 5.73 Å². The fourth-order valence-corrected chi connectivity index (χ4v) is 1.57. The molecule has 6 heteroatoms. The van der Waals surface area contributed by atoms with Gasteiger partial charge in [-0.2, -0.15) is 5.26 Å². The van der Waals surface area contributed by atoms with Gasteiger partial charge in [-0.15, -0.1) is 0 Å². The Labute approximate surface area is 108 Å². The predicted octanol–water partition coefficient (Wildman–Crippen LogP) is 2.90. The summed E-state index contributed by atoms with van der Waals surface area (Å²) in [5.74, 6) is 0.108. The number of halogens is 2. The van der Waals surface area contributed by atoms with Gasteiger partial charge in [-0.05, 0) is 12.1 Å². The Hall–Kier alpha value is -1.83. The van der Waals surface area contributed by atoms with Crippen LogP contribution in [0.1, 0.15) is 5.69 Å². The van der Waals surface area contributed by atoms with E-state index in [0.717, 1.165) is 5.56 Å². The van der Waals surface area contributed by atoms with Crippen molar-refractivity contribution >= 4 is 29.0 Å². The highest BCUT2D eigenvalue weighted by molar-refractivity contribution is 6.42. The van der Waals surface area contributed by atoms with Crippen molar-refractivity contribution < 1.29 is 0 Å². The van der Waals surface area contributed by atoms with Gasteiger partial charge in [-0.25, -0.2) is 9.97 Å². The molecular weight excluding hydrogens is 259 g/mol. The maximum absolute atomic E-state index is 8.81. The van der Waals surface area contributed by atoms with Crippen LogP contribution in [0.15, 0.2) is 24.4 Å². The van der Waals surface area contributed by atoms with E-state index in [2.05, 4.69) is 9.97 Å². The van der Waals surface area contributed by atoms with Crippen molar-refractivity contribution in [1.82, 2.24) is 9.97 Å². The SMILES string of the molecule is N#Cc1nc(-c2ccc(Cl)c(Cl)c2)cnc1N. The van der Waals surface area contributed by atoms with E-state index in [1.807, 2.05) is 6.07 Å². The fraction of sp³-hybridized carbons (Fsp3) is 0. The highest BCUT2D eigenvalue weighted by atomic mass is 35.5. The van der Waals surface area contributed by atoms with E-state index < -0.39 is 0 Å². The molecule has 1 aromatic carbocycles. The number of nitrogens with zero attached hydrogens (tertiary/aromatic N) is 3. The normalized spacial score (nSPS) is 9.94. The number of hydrogen-bond acceptors (Lipinski definition) is 4. The highest BCUT2D eigenvalue weighted by Gasteiger charge is 2.07. The van der Waals surface area contributed by atoms with Crippen LogP contribution in [0.2, 0.25) is 10.0 Å². The van der Waals surface area contributed by atoms with Crippen LogP contribution < -0.4 is 5.73 Å². The molecule has 0 spiro atoms. The molecule has 0 atom stereocenters. The minimum absolute atomic E-state index is 0.0913. The summed E-state index contributed by atoms with van der Waals surface area (Å²) in [5, 5.41) is 9.68. The number of aromatic nitrogens is 2. The van der Waals surface area contributed by atoms with Gasteiger partial charge in [-0.1, -0.05) is 29.3 Å². The lowest BCUT2D eigenvalue weighted by Gasteiger charge is -2.03. The van der Waals surface area contributed by atoms with Crippen LogP contribution in [-0.2, 0) is 0 Å². The van der Waals surface area contributed by atoms with Gasteiger partial charge >= 0.3 is 0 Å². The number of nitrogens with two attached hydrogens (primary N) is 1. The van der Waals surface area contributed by atoms with Crippen molar-refractivity contribution in [1.29, 1.82) is 5.26 Å². The van der Waals surface area contributed by atoms with Crippen molar-refractivity contribution in [2.24, 2.45) is 0 Å². The second kappa shape index (κ2) is 4.58. The maximum atomic E-state index is 8.81. The van der Waals surface area contributed by atoms with E-state index in [0.29, 0.717) is 15.7 Å². The van der Waals surface area contributed by atoms with Crippen molar-refractivity contribution in [3.63, 3.8) is 0 Å². The molecule has 2 rings (SSSR count). The van der Waals surface area contributed by atoms with E-state index in [1.165, 1.54) is 6.20 Å². The van der Waals surface area contributed by atoms with Crippen LogP contribution in [-0.4, -0.2) is 9.97 Å². The lowest BCUT2D eigenvalue weighted by Crippen LogP contribution is -1.98. The Kier molecular flexibility index (Phi) is 3.14. The fourth-order valence-electron chi connectivity index (χ4n) is 1.28. The minimum atomic E-state index is 0.0913. The molecule has 0 aliphatic carbocycles. The molecule has 0 unspecified atom stereocenters. The number of benzene rings is 1. The first-order valence-electron chi connectivity index (χ1n) is 4.60. The van der Waals surface area contributed by atoms with Crippen LogP contribution in [0.5, 0.6) is 0 Å². The van der Waals surface area contributed by atoms with Gasteiger partial charge in [0.15, 0.2) is 11.5 Å². The average Bonchev–Trinajstić information content (AvgIpc) is 2.33. The smallest absolute Gasteiger partial charge is 0.183 e. The molecule has 0 aliphatic heterocycles. The lowest BCUT2D eigenvalue weighted by atomic mass is 10.1. The monoisotopic (exact) mass is 264 g/mol. The first-order valence-corrected chi connectivity index (χ1v) is 5.35. The Morgan fingerprint density at radius 2 is 2.00 bits per heavy atom. The van der Waals surface area contributed by atoms with Crippen LogP contribution >= 0.6 is 23.2 Å². The molecule has 0 fully saturated rings. The summed E-state index contributed by atoms with van der Waals surface area (Å²) in [7, 11) is 0. The zero-order valence-corrected chi connectivity index (χ0v) is 10.00. The molecular formula is C11H6Cl2N4. The molecule has 0 bridgehead atoms. The third kappa shape index (κ3) is 2.31. The lowest BCUT2D eigenvalue weighted by molar-refractivity contribution is 1.18. The largest absolute Gasteiger partial charge is 0.381 e. The van der Waals surface area contributed by atoms with Gasteiger partial charge in [-0.3, -0.25) is 0 Å². The highest BCUT2D eigenvalue weighted by Crippen LogP contribution is 2.27. The molecule has 4 nitrogen and oxygen atoms in total. The van der Waals surface area contributed by atoms with Crippen LogP contribution in [0, 0.1) is 11.3 Å². The quantitative estimate of drug-likeness (QED) is 0.860. The third-order valence-corrected chi connectivity index (χ3v) is 2.86. The average molecular weight is 265 g/mol. The summed E-state index contributed by atoms with van der Waals surface area (Å²) in [5.41, 5.74) is 6.83. The number of nitriles is 1. The number of anilines is 1. The number of nitrogen functional groups attached to an aromatic ring is 1. The molecule has 1 heterocycles. The first-order chi connectivity index (χ1) is 8.11. The van der Waals surface area contributed by atoms with Crippen molar-refractivity contribution in [2.45, 2.75) is 0 Å². The van der Waals surface area contributed by atoms with Gasteiger partial charge in [0.25, 0.3) is 0 Å². The van der Waals surface area contributed by atoms with Gasteiger partial charge in [0, 0.05) is 5.56 Å². The summed E-state index contributed by atoms with van der Waals surface area (Å²) in [4.78, 5) is 7.98. The Morgan fingerprint density at radius 3 is 2.65 bits per heavy atom. The molecule has 2 aromatic rings. The molecule has 2 N–H and O–H groups in total. The minimum Gasteiger partial charge on any atom is -0.381 e. The van der Waals surface area contributed by atoms with Gasteiger partial charge < -0.3 is 5.73 Å². The van der Waals surface area contributed by atoms with Gasteiger partial charge in [0.05, 0.1) is 21.9 Å². The molecule has 0 aliphatic rings. The molecule has 84 valence electrons. The third-order valence-electron chi connectivity index (χ3n) is 2.12. The molecule has 0 amide bonds. The number of rotatable bonds is 1. The first kappa shape index (κ1) is 11.6. The van der Waals surface area contributed by atoms with Gasteiger partial charge in [0.1, 0.15) is 6.07 Å². The molecule has 0 radical (unpaired) electrons. The predicted molar refractivity (Wildman–Crippen MR) is 66.6 cm³/mol. The Morgan fingerprint density at radius 1 is 1.24 bits per heavy atom. The van der Waals surface area contributed by atoms with Crippen LogP contribution in [0.3, 0.4) is 0 Å². The summed E-state index contributed by atoms with van der Waals surface area (Å²) in [6.45, 7) is 0. The topological polar surface area (TPSA) is 75.6 Å². The zero-order chi connectivity index (χ0) is 12.4. The summed E-state index contributed by atoms with van der Waals surface area (Å²) >= 11 is 11.7. The maximum Gasteiger partial charge on any atom is 0.183 e. The van der Waals surface area contributed by atoms with E-state index in [-0.39, 0.29) is 11.5 Å². The van der Waals surface area contributed by atoms with E-state index in [9.17, 15) is 0 Å². The second-order valence-electron chi connectivity index (χ2n) is 3.23. The van der Waals surface area contributed by atoms with E-state index >= 15 is 0 Å². The van der Waals surface area contributed by atoms with Crippen LogP contribution in [0.25, 0.3) is 11.3 Å². The standard InChI is InChI=1S/C11H6Cl2N4/c12-7-2-1-6(3-8(7)13)10-5-16-11(15)9(4-14)17-10/h1-3,5H,(H2,15,16). The molecule has 1 aromatic heterocycles. The summed E-state index contributed by atoms with van der Waals surface area (Å²) in [6.07, 6.45) is 1.48. The van der Waals surface area contributed by atoms with Crippen LogP contribution in [0.4, 0.5) is 5.82 Å². The Balaban J connectivity index is 2.54. The van der Waals surface area contributed by atoms with E-state index in [1.54, 1.807) is 18.2 Å². The second-order valence-corrected chi connectivity index (χ2v) is 4.04. The summed E-state index contributed by atoms with van der Waals surface area (Å²) < 4.78 is 0. The Bertz CT molecular complexity index is 619.